The molecule has 2 aromatic rings. The highest BCUT2D eigenvalue weighted by molar-refractivity contribution is 7.13. The zero-order valence-corrected chi connectivity index (χ0v) is 9.36. The van der Waals surface area contributed by atoms with Crippen LogP contribution in [0.25, 0.3) is 10.8 Å². The minimum atomic E-state index is 0.611. The van der Waals surface area contributed by atoms with Crippen LogP contribution in [0.2, 0.25) is 0 Å². The normalized spacial score (nSPS) is 10.7. The zero-order chi connectivity index (χ0) is 9.97. The molecule has 4 heteroatoms. The minimum Gasteiger partial charge on any atom is -0.459 e. The molecule has 0 aromatic carbocycles. The molecule has 0 fully saturated rings. The van der Waals surface area contributed by atoms with E-state index in [9.17, 15) is 0 Å². The second-order valence-electron chi connectivity index (χ2n) is 2.99. The Morgan fingerprint density at radius 1 is 1.50 bits per heavy atom. The molecule has 0 bridgehead atoms. The van der Waals surface area contributed by atoms with Crippen LogP contribution in [0.5, 0.6) is 0 Å². The fraction of sp³-hybridized carbons (Fsp3) is 0.300. The first kappa shape index (κ1) is 9.74. The standard InChI is InChI=1S/C10H10ClNOS/c1-7-2-3-9(13-7)10-12-8(4-5-11)6-14-10/h2-3,6H,4-5H2,1H3. The van der Waals surface area contributed by atoms with Crippen molar-refractivity contribution in [3.05, 3.63) is 29.0 Å². The third-order valence-corrected chi connectivity index (χ3v) is 2.95. The Hall–Kier alpha value is -0.800. The fourth-order valence-corrected chi connectivity index (χ4v) is 2.19. The molecule has 74 valence electrons. The number of furan rings is 1. The van der Waals surface area contributed by atoms with Crippen molar-refractivity contribution in [2.75, 3.05) is 5.88 Å². The zero-order valence-electron chi connectivity index (χ0n) is 7.79. The number of rotatable bonds is 3. The Morgan fingerprint density at radius 3 is 3.00 bits per heavy atom. The van der Waals surface area contributed by atoms with Gasteiger partial charge in [-0.05, 0) is 19.1 Å². The van der Waals surface area contributed by atoms with Crippen molar-refractivity contribution in [1.82, 2.24) is 4.98 Å². The van der Waals surface area contributed by atoms with E-state index in [0.29, 0.717) is 5.88 Å². The van der Waals surface area contributed by atoms with Crippen molar-refractivity contribution in [1.29, 1.82) is 0 Å². The Morgan fingerprint density at radius 2 is 2.36 bits per heavy atom. The molecule has 2 heterocycles. The molecule has 0 aliphatic rings. The summed E-state index contributed by atoms with van der Waals surface area (Å²) in [6.45, 7) is 1.93. The Balaban J connectivity index is 2.24. The second kappa shape index (κ2) is 4.15. The van der Waals surface area contributed by atoms with Gasteiger partial charge < -0.3 is 4.42 Å². The quantitative estimate of drug-likeness (QED) is 0.751. The first-order valence-electron chi connectivity index (χ1n) is 4.37. The number of aryl methyl sites for hydroxylation is 2. The lowest BCUT2D eigenvalue weighted by Crippen LogP contribution is -1.85. The second-order valence-corrected chi connectivity index (χ2v) is 4.23. The third-order valence-electron chi connectivity index (χ3n) is 1.85. The lowest BCUT2D eigenvalue weighted by atomic mass is 10.4. The van der Waals surface area contributed by atoms with Gasteiger partial charge in [-0.25, -0.2) is 4.98 Å². The number of hydrogen-bond acceptors (Lipinski definition) is 3. The van der Waals surface area contributed by atoms with Gasteiger partial charge in [-0.1, -0.05) is 0 Å². The molecular weight excluding hydrogens is 218 g/mol. The fourth-order valence-electron chi connectivity index (χ4n) is 1.18. The lowest BCUT2D eigenvalue weighted by molar-refractivity contribution is 0.548. The molecule has 0 N–H and O–H groups in total. The number of halogens is 1. The molecule has 0 saturated carbocycles. The summed E-state index contributed by atoms with van der Waals surface area (Å²) in [6, 6.07) is 3.89. The van der Waals surface area contributed by atoms with Gasteiger partial charge in [0.15, 0.2) is 10.8 Å². The van der Waals surface area contributed by atoms with E-state index in [2.05, 4.69) is 4.98 Å². The van der Waals surface area contributed by atoms with Gasteiger partial charge in [0, 0.05) is 17.7 Å². The van der Waals surface area contributed by atoms with E-state index < -0.39 is 0 Å². The predicted octanol–water partition coefficient (Wildman–Crippen LogP) is 3.49. The maximum absolute atomic E-state index is 5.64. The molecule has 2 rings (SSSR count). The molecule has 0 aliphatic heterocycles. The molecule has 0 atom stereocenters. The highest BCUT2D eigenvalue weighted by Gasteiger charge is 2.07. The van der Waals surface area contributed by atoms with E-state index in [0.717, 1.165) is 28.6 Å². The van der Waals surface area contributed by atoms with E-state index in [4.69, 9.17) is 16.0 Å². The number of thiazole rings is 1. The van der Waals surface area contributed by atoms with Crippen LogP contribution in [0.1, 0.15) is 11.5 Å². The topological polar surface area (TPSA) is 26.0 Å². The Labute approximate surface area is 91.5 Å². The van der Waals surface area contributed by atoms with Crippen LogP contribution in [0.4, 0.5) is 0 Å². The van der Waals surface area contributed by atoms with Crippen molar-refractivity contribution >= 4 is 22.9 Å². The molecular formula is C10H10ClNOS. The average Bonchev–Trinajstić information content (AvgIpc) is 2.74. The van der Waals surface area contributed by atoms with E-state index in [1.165, 1.54) is 0 Å². The Kier molecular flexibility index (Phi) is 2.89. The summed E-state index contributed by atoms with van der Waals surface area (Å²) in [7, 11) is 0. The van der Waals surface area contributed by atoms with Crippen LogP contribution >= 0.6 is 22.9 Å². The summed E-state index contributed by atoms with van der Waals surface area (Å²) in [4.78, 5) is 4.42. The van der Waals surface area contributed by atoms with E-state index in [1.807, 2.05) is 24.4 Å². The largest absolute Gasteiger partial charge is 0.459 e. The summed E-state index contributed by atoms with van der Waals surface area (Å²) in [5.74, 6) is 2.36. The summed E-state index contributed by atoms with van der Waals surface area (Å²) in [6.07, 6.45) is 0.817. The molecule has 0 amide bonds. The summed E-state index contributed by atoms with van der Waals surface area (Å²) in [5.41, 5.74) is 1.04. The SMILES string of the molecule is Cc1ccc(-c2nc(CCCl)cs2)o1. The van der Waals surface area contributed by atoms with E-state index in [-0.39, 0.29) is 0 Å². The van der Waals surface area contributed by atoms with E-state index in [1.54, 1.807) is 11.3 Å². The number of alkyl halides is 1. The maximum Gasteiger partial charge on any atom is 0.162 e. The van der Waals surface area contributed by atoms with Gasteiger partial charge in [-0.2, -0.15) is 0 Å². The van der Waals surface area contributed by atoms with Crippen molar-refractivity contribution in [3.8, 4) is 10.8 Å². The van der Waals surface area contributed by atoms with Gasteiger partial charge in [0.25, 0.3) is 0 Å². The molecule has 14 heavy (non-hydrogen) atoms. The molecule has 0 saturated heterocycles. The van der Waals surface area contributed by atoms with Gasteiger partial charge in [-0.3, -0.25) is 0 Å². The Bertz CT molecular complexity index is 421. The van der Waals surface area contributed by atoms with Gasteiger partial charge in [-0.15, -0.1) is 22.9 Å². The first-order valence-corrected chi connectivity index (χ1v) is 5.78. The molecule has 0 aliphatic carbocycles. The van der Waals surface area contributed by atoms with Crippen LogP contribution in [0.3, 0.4) is 0 Å². The lowest BCUT2D eigenvalue weighted by Gasteiger charge is -1.89. The van der Waals surface area contributed by atoms with Gasteiger partial charge in [0.1, 0.15) is 5.76 Å². The van der Waals surface area contributed by atoms with Gasteiger partial charge in [0.05, 0.1) is 5.69 Å². The van der Waals surface area contributed by atoms with Crippen molar-refractivity contribution < 1.29 is 4.42 Å². The predicted molar refractivity (Wildman–Crippen MR) is 59.0 cm³/mol. The number of nitrogens with zero attached hydrogens (tertiary/aromatic N) is 1. The van der Waals surface area contributed by atoms with Gasteiger partial charge >= 0.3 is 0 Å². The molecule has 0 unspecified atom stereocenters. The molecule has 2 nitrogen and oxygen atoms in total. The van der Waals surface area contributed by atoms with Crippen LogP contribution in [-0.2, 0) is 6.42 Å². The number of aromatic nitrogens is 1. The van der Waals surface area contributed by atoms with Gasteiger partial charge in [0.2, 0.25) is 0 Å². The summed E-state index contributed by atoms with van der Waals surface area (Å²) >= 11 is 7.23. The summed E-state index contributed by atoms with van der Waals surface area (Å²) < 4.78 is 5.48. The van der Waals surface area contributed by atoms with E-state index >= 15 is 0 Å². The van der Waals surface area contributed by atoms with Crippen molar-refractivity contribution in [2.45, 2.75) is 13.3 Å². The molecule has 2 aromatic heterocycles. The third kappa shape index (κ3) is 1.99. The molecule has 0 radical (unpaired) electrons. The highest BCUT2D eigenvalue weighted by Crippen LogP contribution is 2.25. The average molecular weight is 228 g/mol. The monoisotopic (exact) mass is 227 g/mol. The maximum atomic E-state index is 5.64. The molecule has 0 spiro atoms. The van der Waals surface area contributed by atoms with Crippen molar-refractivity contribution in [2.24, 2.45) is 0 Å². The minimum absolute atomic E-state index is 0.611. The van der Waals surface area contributed by atoms with Crippen LogP contribution < -0.4 is 0 Å². The highest BCUT2D eigenvalue weighted by atomic mass is 35.5. The summed E-state index contributed by atoms with van der Waals surface area (Å²) in [5, 5.41) is 2.95. The first-order chi connectivity index (χ1) is 6.79. The van der Waals surface area contributed by atoms with Crippen LogP contribution in [-0.4, -0.2) is 10.9 Å². The van der Waals surface area contributed by atoms with Crippen molar-refractivity contribution in [3.63, 3.8) is 0 Å². The number of hydrogen-bond donors (Lipinski definition) is 0. The van der Waals surface area contributed by atoms with Crippen LogP contribution in [0, 0.1) is 6.92 Å². The smallest absolute Gasteiger partial charge is 0.162 e. The van der Waals surface area contributed by atoms with Crippen LogP contribution in [0.15, 0.2) is 21.9 Å².